The van der Waals surface area contributed by atoms with Crippen molar-refractivity contribution < 1.29 is 17.9 Å². The summed E-state index contributed by atoms with van der Waals surface area (Å²) in [5.74, 6) is 0.667. The smallest absolute Gasteiger partial charge is 0.389 e. The molecule has 1 aromatic rings. The summed E-state index contributed by atoms with van der Waals surface area (Å²) in [6.45, 7) is 1.93. The second-order valence-corrected chi connectivity index (χ2v) is 3.52. The normalized spacial score (nSPS) is 11.4. The minimum atomic E-state index is -4.12. The maximum Gasteiger partial charge on any atom is 0.389 e. The van der Waals surface area contributed by atoms with Gasteiger partial charge in [0.2, 0.25) is 11.8 Å². The van der Waals surface area contributed by atoms with Crippen LogP contribution >= 0.6 is 0 Å². The van der Waals surface area contributed by atoms with Crippen molar-refractivity contribution in [2.45, 2.75) is 25.9 Å². The minimum absolute atomic E-state index is 0.0108. The first-order chi connectivity index (χ1) is 7.90. The Morgan fingerprint density at radius 1 is 1.35 bits per heavy atom. The maximum absolute atomic E-state index is 11.9. The van der Waals surface area contributed by atoms with Gasteiger partial charge in [0, 0.05) is 24.7 Å². The van der Waals surface area contributed by atoms with E-state index < -0.39 is 12.6 Å². The molecule has 0 aromatic carbocycles. The lowest BCUT2D eigenvalue weighted by molar-refractivity contribution is -0.134. The Hall–Kier alpha value is -1.53. The molecule has 1 heterocycles. The van der Waals surface area contributed by atoms with Crippen molar-refractivity contribution in [3.05, 3.63) is 11.8 Å². The number of aryl methyl sites for hydroxylation is 1. The lowest BCUT2D eigenvalue weighted by atomic mass is 10.3. The molecule has 7 heteroatoms. The van der Waals surface area contributed by atoms with Gasteiger partial charge in [-0.15, -0.1) is 0 Å². The van der Waals surface area contributed by atoms with Gasteiger partial charge in [0.15, 0.2) is 0 Å². The molecule has 0 unspecified atom stereocenters. The second kappa shape index (κ2) is 5.70. The van der Waals surface area contributed by atoms with Crippen LogP contribution in [0.25, 0.3) is 0 Å². The predicted molar refractivity (Wildman–Crippen MR) is 57.1 cm³/mol. The minimum Gasteiger partial charge on any atom is -0.481 e. The quantitative estimate of drug-likeness (QED) is 0.815. The molecule has 1 rings (SSSR count). The van der Waals surface area contributed by atoms with E-state index >= 15 is 0 Å². The van der Waals surface area contributed by atoms with Gasteiger partial charge in [-0.05, 0) is 13.3 Å². The number of aromatic nitrogens is 2. The fourth-order valence-electron chi connectivity index (χ4n) is 1.21. The van der Waals surface area contributed by atoms with Crippen LogP contribution in [0.2, 0.25) is 0 Å². The summed E-state index contributed by atoms with van der Waals surface area (Å²) >= 11 is 0. The van der Waals surface area contributed by atoms with Crippen LogP contribution in [0.3, 0.4) is 0 Å². The summed E-state index contributed by atoms with van der Waals surface area (Å²) < 4.78 is 40.6. The Kier molecular flexibility index (Phi) is 4.53. The summed E-state index contributed by atoms with van der Waals surface area (Å²) in [6, 6.07) is 1.64. The molecule has 96 valence electrons. The third-order valence-corrected chi connectivity index (χ3v) is 1.96. The highest BCUT2D eigenvalue weighted by Crippen LogP contribution is 2.21. The average molecular weight is 249 g/mol. The molecule has 17 heavy (non-hydrogen) atoms. The third kappa shape index (κ3) is 5.37. The van der Waals surface area contributed by atoms with Gasteiger partial charge in [0.05, 0.1) is 7.11 Å². The van der Waals surface area contributed by atoms with E-state index in [1.54, 1.807) is 13.0 Å². The fraction of sp³-hybridized carbons (Fsp3) is 0.600. The van der Waals surface area contributed by atoms with Crippen molar-refractivity contribution >= 4 is 5.95 Å². The number of ether oxygens (including phenoxy) is 1. The fourth-order valence-corrected chi connectivity index (χ4v) is 1.21. The molecule has 0 atom stereocenters. The summed E-state index contributed by atoms with van der Waals surface area (Å²) in [4.78, 5) is 7.99. The van der Waals surface area contributed by atoms with Crippen LogP contribution in [0, 0.1) is 6.92 Å². The average Bonchev–Trinajstić information content (AvgIpc) is 2.22. The molecular weight excluding hydrogens is 235 g/mol. The lowest BCUT2D eigenvalue weighted by Crippen LogP contribution is -2.12. The van der Waals surface area contributed by atoms with Crippen LogP contribution in [0.1, 0.15) is 18.5 Å². The van der Waals surface area contributed by atoms with E-state index in [-0.39, 0.29) is 18.9 Å². The zero-order chi connectivity index (χ0) is 12.9. The molecule has 0 aliphatic heterocycles. The highest BCUT2D eigenvalue weighted by Gasteiger charge is 2.25. The van der Waals surface area contributed by atoms with Crippen molar-refractivity contribution in [2.75, 3.05) is 19.0 Å². The molecule has 0 amide bonds. The third-order valence-electron chi connectivity index (χ3n) is 1.96. The van der Waals surface area contributed by atoms with Crippen LogP contribution in [-0.2, 0) is 0 Å². The molecule has 1 aromatic heterocycles. The Morgan fingerprint density at radius 2 is 2.06 bits per heavy atom. The van der Waals surface area contributed by atoms with Crippen LogP contribution in [-0.4, -0.2) is 29.8 Å². The molecule has 0 radical (unpaired) electrons. The molecule has 0 bridgehead atoms. The Bertz CT molecular complexity index is 368. The van der Waals surface area contributed by atoms with E-state index in [1.807, 2.05) is 0 Å². The number of nitrogens with zero attached hydrogens (tertiary/aromatic N) is 2. The summed E-state index contributed by atoms with van der Waals surface area (Å²) in [5.41, 5.74) is 0.690. The van der Waals surface area contributed by atoms with E-state index in [0.29, 0.717) is 11.6 Å². The largest absolute Gasteiger partial charge is 0.481 e. The van der Waals surface area contributed by atoms with Gasteiger partial charge in [-0.2, -0.15) is 18.2 Å². The lowest BCUT2D eigenvalue weighted by Gasteiger charge is -2.08. The molecule has 0 fully saturated rings. The van der Waals surface area contributed by atoms with Crippen molar-refractivity contribution in [3.8, 4) is 5.88 Å². The Labute approximate surface area is 97.2 Å². The first-order valence-corrected chi connectivity index (χ1v) is 5.11. The monoisotopic (exact) mass is 249 g/mol. The van der Waals surface area contributed by atoms with Gasteiger partial charge < -0.3 is 10.1 Å². The van der Waals surface area contributed by atoms with E-state index in [2.05, 4.69) is 15.3 Å². The summed E-state index contributed by atoms with van der Waals surface area (Å²) in [7, 11) is 1.47. The highest BCUT2D eigenvalue weighted by atomic mass is 19.4. The Morgan fingerprint density at radius 3 is 2.65 bits per heavy atom. The highest BCUT2D eigenvalue weighted by molar-refractivity contribution is 5.30. The van der Waals surface area contributed by atoms with Gasteiger partial charge in [-0.25, -0.2) is 4.98 Å². The van der Waals surface area contributed by atoms with Crippen LogP contribution < -0.4 is 10.1 Å². The van der Waals surface area contributed by atoms with E-state index in [1.165, 1.54) is 7.11 Å². The van der Waals surface area contributed by atoms with Crippen LogP contribution in [0.4, 0.5) is 19.1 Å². The molecule has 0 aliphatic carbocycles. The summed E-state index contributed by atoms with van der Waals surface area (Å²) in [6.07, 6.45) is -4.95. The zero-order valence-electron chi connectivity index (χ0n) is 9.64. The Balaban J connectivity index is 2.44. The number of anilines is 1. The van der Waals surface area contributed by atoms with Crippen molar-refractivity contribution in [1.29, 1.82) is 0 Å². The number of hydrogen-bond acceptors (Lipinski definition) is 4. The maximum atomic E-state index is 11.9. The van der Waals surface area contributed by atoms with Crippen molar-refractivity contribution in [3.63, 3.8) is 0 Å². The number of hydrogen-bond donors (Lipinski definition) is 1. The van der Waals surface area contributed by atoms with Crippen LogP contribution in [0.15, 0.2) is 6.07 Å². The second-order valence-electron chi connectivity index (χ2n) is 3.52. The van der Waals surface area contributed by atoms with E-state index in [0.717, 1.165) is 0 Å². The first kappa shape index (κ1) is 13.5. The molecule has 0 saturated heterocycles. The number of rotatable bonds is 5. The predicted octanol–water partition coefficient (Wildman–Crippen LogP) is 2.55. The van der Waals surface area contributed by atoms with E-state index in [9.17, 15) is 13.2 Å². The van der Waals surface area contributed by atoms with E-state index in [4.69, 9.17) is 4.74 Å². The van der Waals surface area contributed by atoms with Gasteiger partial charge in [-0.3, -0.25) is 0 Å². The molecule has 1 N–H and O–H groups in total. The topological polar surface area (TPSA) is 47.0 Å². The van der Waals surface area contributed by atoms with Crippen LogP contribution in [0.5, 0.6) is 5.88 Å². The van der Waals surface area contributed by atoms with Gasteiger partial charge in [0.1, 0.15) is 0 Å². The van der Waals surface area contributed by atoms with Gasteiger partial charge >= 0.3 is 6.18 Å². The van der Waals surface area contributed by atoms with Crippen molar-refractivity contribution in [2.24, 2.45) is 0 Å². The number of alkyl halides is 3. The standard InChI is InChI=1S/C10H14F3N3O/c1-7-6-8(17-2)16-9(15-7)14-5-3-4-10(11,12)13/h6H,3-5H2,1-2H3,(H,14,15,16). The number of nitrogens with one attached hydrogen (secondary N) is 1. The molecule has 4 nitrogen and oxygen atoms in total. The number of methoxy groups -OCH3 is 1. The SMILES string of the molecule is COc1cc(C)nc(NCCCC(F)(F)F)n1. The molecule has 0 aliphatic rings. The van der Waals surface area contributed by atoms with Gasteiger partial charge in [-0.1, -0.05) is 0 Å². The molecule has 0 saturated carbocycles. The van der Waals surface area contributed by atoms with Gasteiger partial charge in [0.25, 0.3) is 0 Å². The van der Waals surface area contributed by atoms with Crippen molar-refractivity contribution in [1.82, 2.24) is 9.97 Å². The molecule has 0 spiro atoms. The number of halogens is 3. The zero-order valence-corrected chi connectivity index (χ0v) is 9.64. The first-order valence-electron chi connectivity index (χ1n) is 5.11. The summed E-state index contributed by atoms with van der Waals surface area (Å²) in [5, 5.41) is 2.73. The molecular formula is C10H14F3N3O.